The van der Waals surface area contributed by atoms with Gasteiger partial charge in [-0.15, -0.1) is 10.2 Å². The Kier molecular flexibility index (Phi) is 11.6. The van der Waals surface area contributed by atoms with Crippen molar-refractivity contribution in [3.8, 4) is 22.8 Å². The molecule has 3 aromatic carbocycles. The highest BCUT2D eigenvalue weighted by atomic mass is 16.5. The van der Waals surface area contributed by atoms with Crippen LogP contribution in [0.25, 0.3) is 11.3 Å². The number of anilines is 5. The number of phenols is 1. The van der Waals surface area contributed by atoms with Crippen molar-refractivity contribution in [1.82, 2.24) is 20.4 Å². The number of piperidine rings is 3. The Labute approximate surface area is 356 Å². The maximum atomic E-state index is 13.5. The summed E-state index contributed by atoms with van der Waals surface area (Å²) < 4.78 is 12.6. The van der Waals surface area contributed by atoms with Crippen molar-refractivity contribution in [2.45, 2.75) is 69.2 Å². The van der Waals surface area contributed by atoms with Crippen LogP contribution in [0.3, 0.4) is 0 Å². The van der Waals surface area contributed by atoms with Crippen LogP contribution in [0.5, 0.6) is 11.5 Å². The molecular weight excluding hydrogens is 775 g/mol. The molecule has 320 valence electrons. The van der Waals surface area contributed by atoms with Gasteiger partial charge in [-0.25, -0.2) is 0 Å². The number of hydrogen-bond donors (Lipinski definition) is 3. The molecule has 0 radical (unpaired) electrons. The SMILES string of the molecule is CN(c1cccc(N2CCC(CC(=O)N3CCC(Oc4cccc(N5[C@H]6COC[C@H]5CN(c5cc(-c7ccccc7O)nnc5N)C6)c4)CC3)CC2)c1)C1CCC(=O)NC1=O. The van der Waals surface area contributed by atoms with Crippen LogP contribution >= 0.6 is 0 Å². The average Bonchev–Trinajstić information content (AvgIpc) is 3.27. The Hall–Kier alpha value is -6.09. The predicted octanol–water partition coefficient (Wildman–Crippen LogP) is 4.44. The van der Waals surface area contributed by atoms with Gasteiger partial charge in [0.05, 0.1) is 36.7 Å². The molecule has 1 unspecified atom stereocenters. The number of morpholine rings is 1. The van der Waals surface area contributed by atoms with Crippen molar-refractivity contribution >= 4 is 46.3 Å². The first-order chi connectivity index (χ1) is 29.7. The zero-order chi connectivity index (χ0) is 42.0. The van der Waals surface area contributed by atoms with Crippen LogP contribution < -0.4 is 35.4 Å². The van der Waals surface area contributed by atoms with Gasteiger partial charge in [0.2, 0.25) is 17.7 Å². The number of amides is 3. The summed E-state index contributed by atoms with van der Waals surface area (Å²) in [6, 6.07) is 25.4. The third-order valence-corrected chi connectivity index (χ3v) is 13.2. The number of imide groups is 1. The standard InChI is InChI=1S/C46H55N9O6/c1-51(40-12-13-43(57)48-46(40)59)31-6-4-7-32(23-31)52-18-14-30(15-19-52)22-44(58)53-20-16-36(17-21-53)61-37-9-5-8-33(24-37)55-34-26-54(27-35(55)29-60-28-34)41-25-39(49-50-45(41)47)38-10-2-3-11-42(38)56/h2-11,23-25,30,34-36,40,56H,12-22,26-29H2,1H3,(H2,47,50)(H,48,57,59)/t34-,35-,40?/m1/s1. The summed E-state index contributed by atoms with van der Waals surface area (Å²) >= 11 is 0. The van der Waals surface area contributed by atoms with Crippen LogP contribution in [0.4, 0.5) is 28.6 Å². The molecule has 0 spiro atoms. The van der Waals surface area contributed by atoms with Gasteiger partial charge in [-0.05, 0) is 73.7 Å². The maximum Gasteiger partial charge on any atom is 0.249 e. The highest BCUT2D eigenvalue weighted by Crippen LogP contribution is 2.37. The number of hydrogen-bond acceptors (Lipinski definition) is 13. The number of carbonyl (C=O) groups excluding carboxylic acids is 3. The number of fused-ring (bicyclic) bond motifs is 2. The Morgan fingerprint density at radius 2 is 1.61 bits per heavy atom. The number of carbonyl (C=O) groups is 3. The first kappa shape index (κ1) is 40.3. The van der Waals surface area contributed by atoms with Gasteiger partial charge in [-0.2, -0.15) is 0 Å². The molecule has 0 saturated carbocycles. The third kappa shape index (κ3) is 8.74. The summed E-state index contributed by atoms with van der Waals surface area (Å²) in [5.74, 6) is 1.46. The quantitative estimate of drug-likeness (QED) is 0.192. The Balaban J connectivity index is 0.751. The Morgan fingerprint density at radius 3 is 2.36 bits per heavy atom. The van der Waals surface area contributed by atoms with E-state index in [9.17, 15) is 19.5 Å². The minimum atomic E-state index is -0.367. The molecule has 4 N–H and O–H groups in total. The van der Waals surface area contributed by atoms with E-state index >= 15 is 0 Å². The highest BCUT2D eigenvalue weighted by molar-refractivity contribution is 6.01. The van der Waals surface area contributed by atoms with Crippen LogP contribution in [0, 0.1) is 5.92 Å². The second-order valence-electron chi connectivity index (χ2n) is 17.1. The summed E-state index contributed by atoms with van der Waals surface area (Å²) in [4.78, 5) is 48.7. The van der Waals surface area contributed by atoms with E-state index in [-0.39, 0.29) is 47.7 Å². The van der Waals surface area contributed by atoms with Crippen LogP contribution in [0.2, 0.25) is 0 Å². The molecule has 15 heteroatoms. The van der Waals surface area contributed by atoms with Crippen LogP contribution in [0.15, 0.2) is 78.9 Å². The van der Waals surface area contributed by atoms with Crippen molar-refractivity contribution in [2.24, 2.45) is 5.92 Å². The van der Waals surface area contributed by atoms with E-state index in [2.05, 4.69) is 60.5 Å². The number of piperazine rings is 1. The van der Waals surface area contributed by atoms with E-state index in [1.54, 1.807) is 12.1 Å². The van der Waals surface area contributed by atoms with Crippen molar-refractivity contribution in [1.29, 1.82) is 0 Å². The molecule has 61 heavy (non-hydrogen) atoms. The lowest BCUT2D eigenvalue weighted by molar-refractivity contribution is -0.135. The zero-order valence-electron chi connectivity index (χ0n) is 34.7. The fourth-order valence-corrected chi connectivity index (χ4v) is 9.79. The van der Waals surface area contributed by atoms with Gasteiger partial charge in [-0.1, -0.05) is 24.3 Å². The number of aromatic hydroxyl groups is 1. The van der Waals surface area contributed by atoms with E-state index in [1.165, 1.54) is 0 Å². The summed E-state index contributed by atoms with van der Waals surface area (Å²) in [5, 5.41) is 21.4. The third-order valence-electron chi connectivity index (χ3n) is 13.2. The fraction of sp³-hybridized carbons (Fsp3) is 0.457. The van der Waals surface area contributed by atoms with E-state index in [0.29, 0.717) is 81.6 Å². The molecule has 5 aliphatic heterocycles. The van der Waals surface area contributed by atoms with Gasteiger partial charge >= 0.3 is 0 Å². The minimum absolute atomic E-state index is 0.0347. The number of nitrogen functional groups attached to an aromatic ring is 1. The topological polar surface area (TPSA) is 170 Å². The van der Waals surface area contributed by atoms with Crippen LogP contribution in [-0.4, -0.2) is 122 Å². The maximum absolute atomic E-state index is 13.5. The highest BCUT2D eigenvalue weighted by Gasteiger charge is 2.40. The lowest BCUT2D eigenvalue weighted by Gasteiger charge is -2.51. The molecular formula is C46H55N9O6. The molecule has 1 aromatic heterocycles. The molecule has 4 aromatic rings. The number of nitrogens with one attached hydrogen (secondary N) is 1. The molecule has 5 saturated heterocycles. The number of benzene rings is 3. The summed E-state index contributed by atoms with van der Waals surface area (Å²) in [5.41, 5.74) is 11.5. The Morgan fingerprint density at radius 1 is 0.869 bits per heavy atom. The number of ether oxygens (including phenoxy) is 2. The summed E-state index contributed by atoms with van der Waals surface area (Å²) in [6.45, 7) is 5.66. The number of likely N-dealkylation sites (N-methyl/N-ethyl adjacent to an activating group) is 1. The lowest BCUT2D eigenvalue weighted by atomic mass is 9.92. The second-order valence-corrected chi connectivity index (χ2v) is 17.1. The van der Waals surface area contributed by atoms with Crippen molar-refractivity contribution in [3.63, 3.8) is 0 Å². The summed E-state index contributed by atoms with van der Waals surface area (Å²) in [6.07, 6.45) is 4.95. The number of rotatable bonds is 10. The molecule has 3 amide bonds. The van der Waals surface area contributed by atoms with E-state index in [4.69, 9.17) is 15.2 Å². The molecule has 3 atom stereocenters. The molecule has 0 aliphatic carbocycles. The summed E-state index contributed by atoms with van der Waals surface area (Å²) in [7, 11) is 1.91. The van der Waals surface area contributed by atoms with E-state index < -0.39 is 0 Å². The first-order valence-corrected chi connectivity index (χ1v) is 21.7. The van der Waals surface area contributed by atoms with Crippen molar-refractivity contribution < 1.29 is 29.0 Å². The number of likely N-dealkylation sites (tertiary alicyclic amines) is 1. The predicted molar refractivity (Wildman–Crippen MR) is 234 cm³/mol. The normalized spacial score (nSPS) is 22.5. The number of aromatic nitrogens is 2. The van der Waals surface area contributed by atoms with E-state index in [1.807, 2.05) is 53.2 Å². The number of para-hydroxylation sites is 1. The molecule has 15 nitrogen and oxygen atoms in total. The van der Waals surface area contributed by atoms with Gasteiger partial charge < -0.3 is 44.8 Å². The number of phenolic OH excluding ortho intramolecular Hbond substituents is 1. The van der Waals surface area contributed by atoms with Gasteiger partial charge in [0.15, 0.2) is 5.82 Å². The Bertz CT molecular complexity index is 2230. The lowest BCUT2D eigenvalue weighted by Crippen LogP contribution is -2.65. The second kappa shape index (κ2) is 17.5. The first-order valence-electron chi connectivity index (χ1n) is 21.7. The molecule has 5 fully saturated rings. The monoisotopic (exact) mass is 829 g/mol. The van der Waals surface area contributed by atoms with E-state index in [0.717, 1.165) is 67.3 Å². The van der Waals surface area contributed by atoms with Crippen LogP contribution in [-0.2, 0) is 19.1 Å². The zero-order valence-corrected chi connectivity index (χ0v) is 34.7. The molecule has 2 bridgehead atoms. The largest absolute Gasteiger partial charge is 0.507 e. The average molecular weight is 830 g/mol. The van der Waals surface area contributed by atoms with Crippen molar-refractivity contribution in [3.05, 3.63) is 78.9 Å². The van der Waals surface area contributed by atoms with Gasteiger partial charge in [0.25, 0.3) is 0 Å². The van der Waals surface area contributed by atoms with Gasteiger partial charge in [0.1, 0.15) is 23.6 Å². The molecule has 5 aliphatic rings. The van der Waals surface area contributed by atoms with Gasteiger partial charge in [-0.3, -0.25) is 19.7 Å². The molecule has 9 rings (SSSR count). The van der Waals surface area contributed by atoms with Crippen LogP contribution in [0.1, 0.15) is 44.9 Å². The number of nitrogens with zero attached hydrogens (tertiary/aromatic N) is 7. The fourth-order valence-electron chi connectivity index (χ4n) is 9.79. The smallest absolute Gasteiger partial charge is 0.249 e. The van der Waals surface area contributed by atoms with Gasteiger partial charge in [0, 0.05) is 101 Å². The number of nitrogens with two attached hydrogens (primary N) is 1. The molecule has 6 heterocycles. The minimum Gasteiger partial charge on any atom is -0.507 e. The van der Waals surface area contributed by atoms with Crippen molar-refractivity contribution in [2.75, 3.05) is 84.9 Å².